The lowest BCUT2D eigenvalue weighted by atomic mass is 10.1. The SMILES string of the molecule is CCc1cn(-c2ncc(-c3ccccc3F)cn2)c2cc(C(=O)N3CCOCC3)ccc12. The Bertz CT molecular complexity index is 1280. The third-order valence-electron chi connectivity index (χ3n) is 5.85. The number of nitrogens with zero attached hydrogens (tertiary/aromatic N) is 4. The number of ether oxygens (including phenoxy) is 1. The number of aryl methyl sites for hydroxylation is 1. The van der Waals surface area contributed by atoms with E-state index in [1.165, 1.54) is 6.07 Å². The minimum Gasteiger partial charge on any atom is -0.378 e. The van der Waals surface area contributed by atoms with Crippen molar-refractivity contribution in [1.29, 1.82) is 0 Å². The summed E-state index contributed by atoms with van der Waals surface area (Å²) in [5.74, 6) is 0.164. The monoisotopic (exact) mass is 430 g/mol. The van der Waals surface area contributed by atoms with E-state index in [1.54, 1.807) is 30.6 Å². The van der Waals surface area contributed by atoms with Gasteiger partial charge in [0.15, 0.2) is 0 Å². The van der Waals surface area contributed by atoms with Crippen LogP contribution in [-0.2, 0) is 11.2 Å². The zero-order chi connectivity index (χ0) is 22.1. The molecule has 0 N–H and O–H groups in total. The summed E-state index contributed by atoms with van der Waals surface area (Å²) in [6.45, 7) is 4.41. The molecule has 2 aromatic heterocycles. The summed E-state index contributed by atoms with van der Waals surface area (Å²) in [6.07, 6.45) is 6.10. The zero-order valence-corrected chi connectivity index (χ0v) is 17.8. The predicted molar refractivity (Wildman–Crippen MR) is 120 cm³/mol. The molecule has 6 nitrogen and oxygen atoms in total. The van der Waals surface area contributed by atoms with Crippen molar-refractivity contribution in [2.45, 2.75) is 13.3 Å². The van der Waals surface area contributed by atoms with Gasteiger partial charge in [-0.15, -0.1) is 0 Å². The maximum atomic E-state index is 14.1. The Morgan fingerprint density at radius 2 is 1.84 bits per heavy atom. The lowest BCUT2D eigenvalue weighted by molar-refractivity contribution is 0.0303. The van der Waals surface area contributed by atoms with E-state index >= 15 is 0 Å². The van der Waals surface area contributed by atoms with Crippen LogP contribution in [0.4, 0.5) is 4.39 Å². The molecule has 1 aliphatic heterocycles. The van der Waals surface area contributed by atoms with E-state index in [4.69, 9.17) is 4.74 Å². The highest BCUT2D eigenvalue weighted by atomic mass is 19.1. The van der Waals surface area contributed by atoms with Crippen molar-refractivity contribution in [3.8, 4) is 17.1 Å². The molecule has 3 heterocycles. The number of benzene rings is 2. The standard InChI is InChI=1S/C25H23FN4O2/c1-2-17-16-30(25-27-14-19(15-28-25)20-5-3-4-6-22(20)26)23-13-18(7-8-21(17)23)24(31)29-9-11-32-12-10-29/h3-8,13-16H,2,9-12H2,1H3. The second-order valence-electron chi connectivity index (χ2n) is 7.77. The van der Waals surface area contributed by atoms with Crippen molar-refractivity contribution < 1.29 is 13.9 Å². The second-order valence-corrected chi connectivity index (χ2v) is 7.77. The molecule has 1 saturated heterocycles. The van der Waals surface area contributed by atoms with E-state index in [0.717, 1.165) is 22.9 Å². The molecule has 2 aromatic carbocycles. The highest BCUT2D eigenvalue weighted by Crippen LogP contribution is 2.27. The summed E-state index contributed by atoms with van der Waals surface area (Å²) >= 11 is 0. The van der Waals surface area contributed by atoms with Crippen molar-refractivity contribution in [3.63, 3.8) is 0 Å². The van der Waals surface area contributed by atoms with Gasteiger partial charge in [0.05, 0.1) is 18.7 Å². The van der Waals surface area contributed by atoms with E-state index < -0.39 is 0 Å². The molecule has 0 aliphatic carbocycles. The summed E-state index contributed by atoms with van der Waals surface area (Å²) in [6, 6.07) is 12.3. The van der Waals surface area contributed by atoms with Crippen LogP contribution in [0.5, 0.6) is 0 Å². The molecule has 0 saturated carbocycles. The van der Waals surface area contributed by atoms with Gasteiger partial charge in [0.1, 0.15) is 5.82 Å². The summed E-state index contributed by atoms with van der Waals surface area (Å²) in [5, 5.41) is 1.06. The van der Waals surface area contributed by atoms with Gasteiger partial charge in [-0.05, 0) is 30.2 Å². The van der Waals surface area contributed by atoms with E-state index in [-0.39, 0.29) is 11.7 Å². The highest BCUT2D eigenvalue weighted by molar-refractivity contribution is 5.99. The maximum Gasteiger partial charge on any atom is 0.254 e. The number of amides is 1. The number of aromatic nitrogens is 3. The van der Waals surface area contributed by atoms with E-state index in [0.29, 0.717) is 48.9 Å². The number of halogens is 1. The first kappa shape index (κ1) is 20.3. The molecular formula is C25H23FN4O2. The Hall–Kier alpha value is -3.58. The van der Waals surface area contributed by atoms with Gasteiger partial charge in [-0.25, -0.2) is 14.4 Å². The quantitative estimate of drug-likeness (QED) is 0.485. The average Bonchev–Trinajstić information content (AvgIpc) is 3.22. The molecule has 4 aromatic rings. The first-order chi connectivity index (χ1) is 15.7. The van der Waals surface area contributed by atoms with Crippen LogP contribution in [0.2, 0.25) is 0 Å². The molecule has 1 fully saturated rings. The van der Waals surface area contributed by atoms with Crippen LogP contribution in [0.25, 0.3) is 28.0 Å². The number of morpholine rings is 1. The van der Waals surface area contributed by atoms with Crippen LogP contribution >= 0.6 is 0 Å². The summed E-state index contributed by atoms with van der Waals surface area (Å²) in [4.78, 5) is 23.8. The molecule has 0 atom stereocenters. The third-order valence-corrected chi connectivity index (χ3v) is 5.85. The number of rotatable bonds is 4. The Morgan fingerprint density at radius 3 is 2.56 bits per heavy atom. The number of carbonyl (C=O) groups is 1. The predicted octanol–water partition coefficient (Wildman–Crippen LogP) is 4.26. The smallest absolute Gasteiger partial charge is 0.254 e. The van der Waals surface area contributed by atoms with E-state index in [1.807, 2.05) is 33.9 Å². The third kappa shape index (κ3) is 3.65. The van der Waals surface area contributed by atoms with Crippen molar-refractivity contribution in [1.82, 2.24) is 19.4 Å². The van der Waals surface area contributed by atoms with Gasteiger partial charge in [-0.1, -0.05) is 31.2 Å². The van der Waals surface area contributed by atoms with Crippen molar-refractivity contribution >= 4 is 16.8 Å². The molecule has 32 heavy (non-hydrogen) atoms. The lowest BCUT2D eigenvalue weighted by Crippen LogP contribution is -2.40. The number of hydrogen-bond donors (Lipinski definition) is 0. The zero-order valence-electron chi connectivity index (χ0n) is 17.8. The van der Waals surface area contributed by atoms with Crippen LogP contribution in [0.15, 0.2) is 61.1 Å². The van der Waals surface area contributed by atoms with Crippen molar-refractivity contribution in [2.24, 2.45) is 0 Å². The average molecular weight is 430 g/mol. The molecule has 0 spiro atoms. The second kappa shape index (κ2) is 8.51. The molecular weight excluding hydrogens is 407 g/mol. The molecule has 1 amide bonds. The molecule has 7 heteroatoms. The van der Waals surface area contributed by atoms with Crippen molar-refractivity contribution in [2.75, 3.05) is 26.3 Å². The highest BCUT2D eigenvalue weighted by Gasteiger charge is 2.20. The first-order valence-electron chi connectivity index (χ1n) is 10.7. The topological polar surface area (TPSA) is 60.2 Å². The van der Waals surface area contributed by atoms with Gasteiger partial charge in [0.25, 0.3) is 5.91 Å². The van der Waals surface area contributed by atoms with Gasteiger partial charge in [-0.2, -0.15) is 0 Å². The fourth-order valence-corrected chi connectivity index (χ4v) is 4.11. The van der Waals surface area contributed by atoms with Gasteiger partial charge in [0, 0.05) is 53.8 Å². The van der Waals surface area contributed by atoms with E-state index in [9.17, 15) is 9.18 Å². The van der Waals surface area contributed by atoms with Crippen LogP contribution in [0.1, 0.15) is 22.8 Å². The van der Waals surface area contributed by atoms with Crippen LogP contribution in [-0.4, -0.2) is 51.6 Å². The normalized spacial score (nSPS) is 14.1. The molecule has 5 rings (SSSR count). The van der Waals surface area contributed by atoms with Gasteiger partial charge in [0.2, 0.25) is 5.95 Å². The minimum atomic E-state index is -0.310. The minimum absolute atomic E-state index is 0.00295. The fourth-order valence-electron chi connectivity index (χ4n) is 4.11. The molecule has 0 unspecified atom stereocenters. The number of hydrogen-bond acceptors (Lipinski definition) is 4. The van der Waals surface area contributed by atoms with Gasteiger partial charge < -0.3 is 9.64 Å². The number of carbonyl (C=O) groups excluding carboxylic acids is 1. The Kier molecular flexibility index (Phi) is 5.41. The van der Waals surface area contributed by atoms with Crippen molar-refractivity contribution in [3.05, 3.63) is 78.0 Å². The molecule has 162 valence electrons. The summed E-state index contributed by atoms with van der Waals surface area (Å²) in [5.41, 5.74) is 3.72. The van der Waals surface area contributed by atoms with Crippen LogP contribution in [0, 0.1) is 5.82 Å². The molecule has 1 aliphatic rings. The largest absolute Gasteiger partial charge is 0.378 e. The number of fused-ring (bicyclic) bond motifs is 1. The lowest BCUT2D eigenvalue weighted by Gasteiger charge is -2.26. The maximum absolute atomic E-state index is 14.1. The van der Waals surface area contributed by atoms with E-state index in [2.05, 4.69) is 16.9 Å². The Labute approximate surface area is 185 Å². The summed E-state index contributed by atoms with van der Waals surface area (Å²) in [7, 11) is 0. The Morgan fingerprint density at radius 1 is 1.09 bits per heavy atom. The van der Waals surface area contributed by atoms with Gasteiger partial charge in [-0.3, -0.25) is 9.36 Å². The van der Waals surface area contributed by atoms with Crippen LogP contribution in [0.3, 0.4) is 0 Å². The molecule has 0 radical (unpaired) electrons. The Balaban J connectivity index is 1.54. The first-order valence-corrected chi connectivity index (χ1v) is 10.7. The fraction of sp³-hybridized carbons (Fsp3) is 0.240. The molecule has 0 bridgehead atoms. The van der Waals surface area contributed by atoms with Crippen LogP contribution < -0.4 is 0 Å². The van der Waals surface area contributed by atoms with Gasteiger partial charge >= 0.3 is 0 Å². The summed E-state index contributed by atoms with van der Waals surface area (Å²) < 4.78 is 21.4.